The lowest BCUT2D eigenvalue weighted by Crippen LogP contribution is -2.55. The Bertz CT molecular complexity index is 455. The molecule has 1 aliphatic rings. The lowest BCUT2D eigenvalue weighted by atomic mass is 10.0. The second-order valence-electron chi connectivity index (χ2n) is 5.32. The summed E-state index contributed by atoms with van der Waals surface area (Å²) < 4.78 is 10.5. The van der Waals surface area contributed by atoms with Gasteiger partial charge in [-0.2, -0.15) is 0 Å². The van der Waals surface area contributed by atoms with E-state index in [0.29, 0.717) is 31.1 Å². The van der Waals surface area contributed by atoms with Gasteiger partial charge in [0.15, 0.2) is 11.5 Å². The highest BCUT2D eigenvalue weighted by molar-refractivity contribution is 5.42. The SMILES string of the molecule is COc1ccc(CCN2C[C@@H](O)C(O)[C@H](O)C2)cc1OC. The van der Waals surface area contributed by atoms with Crippen molar-refractivity contribution in [1.82, 2.24) is 4.90 Å². The van der Waals surface area contributed by atoms with Crippen molar-refractivity contribution in [3.8, 4) is 11.5 Å². The molecule has 118 valence electrons. The molecule has 1 aromatic rings. The smallest absolute Gasteiger partial charge is 0.160 e. The normalized spacial score (nSPS) is 24.0. The Morgan fingerprint density at radius 3 is 2.24 bits per heavy atom. The molecule has 0 aliphatic carbocycles. The number of benzene rings is 1. The summed E-state index contributed by atoms with van der Waals surface area (Å²) in [7, 11) is 3.19. The van der Waals surface area contributed by atoms with Crippen LogP contribution >= 0.6 is 0 Å². The number of hydrogen-bond donors (Lipinski definition) is 3. The molecule has 1 fully saturated rings. The Kier molecular flexibility index (Phi) is 5.41. The number of rotatable bonds is 5. The molecule has 21 heavy (non-hydrogen) atoms. The number of β-amino-alcohol motifs (C(OH)–C–C–N with tert-alkyl or cyclic N) is 2. The molecule has 0 saturated carbocycles. The van der Waals surface area contributed by atoms with E-state index < -0.39 is 18.3 Å². The summed E-state index contributed by atoms with van der Waals surface area (Å²) in [6.07, 6.45) is -2.10. The van der Waals surface area contributed by atoms with Crippen molar-refractivity contribution in [2.75, 3.05) is 33.9 Å². The summed E-state index contributed by atoms with van der Waals surface area (Å²) in [5.74, 6) is 1.37. The number of methoxy groups -OCH3 is 2. The minimum Gasteiger partial charge on any atom is -0.493 e. The first-order valence-electron chi connectivity index (χ1n) is 7.02. The fraction of sp³-hybridized carbons (Fsp3) is 0.600. The fourth-order valence-corrected chi connectivity index (χ4v) is 2.58. The molecule has 0 radical (unpaired) electrons. The third kappa shape index (κ3) is 3.85. The zero-order valence-electron chi connectivity index (χ0n) is 12.4. The van der Waals surface area contributed by atoms with Crippen molar-refractivity contribution in [1.29, 1.82) is 0 Å². The predicted molar refractivity (Wildman–Crippen MR) is 77.7 cm³/mol. The van der Waals surface area contributed by atoms with E-state index in [1.807, 2.05) is 23.1 Å². The van der Waals surface area contributed by atoms with Crippen molar-refractivity contribution in [2.24, 2.45) is 0 Å². The molecule has 2 rings (SSSR count). The highest BCUT2D eigenvalue weighted by Gasteiger charge is 2.32. The van der Waals surface area contributed by atoms with E-state index in [1.165, 1.54) is 0 Å². The number of piperidine rings is 1. The monoisotopic (exact) mass is 297 g/mol. The highest BCUT2D eigenvalue weighted by atomic mass is 16.5. The van der Waals surface area contributed by atoms with Gasteiger partial charge < -0.3 is 24.8 Å². The van der Waals surface area contributed by atoms with Gasteiger partial charge in [0.05, 0.1) is 26.4 Å². The van der Waals surface area contributed by atoms with Crippen molar-refractivity contribution >= 4 is 0 Å². The van der Waals surface area contributed by atoms with Crippen LogP contribution in [0, 0.1) is 0 Å². The minimum absolute atomic E-state index is 0.367. The largest absolute Gasteiger partial charge is 0.493 e. The summed E-state index contributed by atoms with van der Waals surface area (Å²) in [5, 5.41) is 28.9. The molecule has 1 heterocycles. The van der Waals surface area contributed by atoms with E-state index in [-0.39, 0.29) is 0 Å². The Labute approximate surface area is 124 Å². The first kappa shape index (κ1) is 16.0. The molecule has 1 aliphatic heterocycles. The van der Waals surface area contributed by atoms with Crippen LogP contribution < -0.4 is 9.47 Å². The van der Waals surface area contributed by atoms with E-state index in [4.69, 9.17) is 9.47 Å². The summed E-state index contributed by atoms with van der Waals surface area (Å²) in [6, 6.07) is 5.75. The first-order valence-corrected chi connectivity index (χ1v) is 7.02. The van der Waals surface area contributed by atoms with Crippen LogP contribution in [0.1, 0.15) is 5.56 Å². The predicted octanol–water partition coefficient (Wildman–Crippen LogP) is -0.355. The fourth-order valence-electron chi connectivity index (χ4n) is 2.58. The van der Waals surface area contributed by atoms with Crippen LogP contribution in [0.3, 0.4) is 0 Å². The lowest BCUT2D eigenvalue weighted by molar-refractivity contribution is -0.109. The average molecular weight is 297 g/mol. The molecule has 6 nitrogen and oxygen atoms in total. The van der Waals surface area contributed by atoms with Gasteiger partial charge in [-0.25, -0.2) is 0 Å². The minimum atomic E-state index is -1.05. The molecule has 3 N–H and O–H groups in total. The van der Waals surface area contributed by atoms with Crippen molar-refractivity contribution in [3.63, 3.8) is 0 Å². The van der Waals surface area contributed by atoms with Gasteiger partial charge in [-0.3, -0.25) is 4.90 Å². The number of hydrogen-bond acceptors (Lipinski definition) is 6. The standard InChI is InChI=1S/C15H23NO5/c1-20-13-4-3-10(7-14(13)21-2)5-6-16-8-11(17)15(19)12(18)9-16/h3-4,7,11-12,15,17-19H,5-6,8-9H2,1-2H3/t11-,12-/m1/s1. The Morgan fingerprint density at radius 2 is 1.67 bits per heavy atom. The Morgan fingerprint density at radius 1 is 1.05 bits per heavy atom. The van der Waals surface area contributed by atoms with Gasteiger partial charge in [0.25, 0.3) is 0 Å². The van der Waals surface area contributed by atoms with E-state index in [9.17, 15) is 15.3 Å². The third-order valence-electron chi connectivity index (χ3n) is 3.84. The average Bonchev–Trinajstić information content (AvgIpc) is 2.50. The van der Waals surface area contributed by atoms with Crippen LogP contribution in [0.25, 0.3) is 0 Å². The van der Waals surface area contributed by atoms with E-state index >= 15 is 0 Å². The number of ether oxygens (including phenoxy) is 2. The maximum Gasteiger partial charge on any atom is 0.160 e. The quantitative estimate of drug-likeness (QED) is 0.689. The van der Waals surface area contributed by atoms with Crippen LogP contribution in [0.15, 0.2) is 18.2 Å². The zero-order chi connectivity index (χ0) is 15.4. The molecule has 0 bridgehead atoms. The molecule has 1 saturated heterocycles. The van der Waals surface area contributed by atoms with Gasteiger partial charge in [-0.05, 0) is 24.1 Å². The third-order valence-corrected chi connectivity index (χ3v) is 3.84. The number of likely N-dealkylation sites (tertiary alicyclic amines) is 1. The number of nitrogens with zero attached hydrogens (tertiary/aromatic N) is 1. The summed E-state index contributed by atoms with van der Waals surface area (Å²) >= 11 is 0. The van der Waals surface area contributed by atoms with E-state index in [2.05, 4.69) is 0 Å². The van der Waals surface area contributed by atoms with Crippen LogP contribution in [0.4, 0.5) is 0 Å². The molecule has 0 amide bonds. The molecular formula is C15H23NO5. The molecule has 0 aromatic heterocycles. The van der Waals surface area contributed by atoms with Crippen molar-refractivity contribution in [2.45, 2.75) is 24.7 Å². The Hall–Kier alpha value is -1.34. The molecule has 6 heteroatoms. The summed E-state index contributed by atoms with van der Waals surface area (Å²) in [6.45, 7) is 1.42. The van der Waals surface area contributed by atoms with E-state index in [1.54, 1.807) is 14.2 Å². The van der Waals surface area contributed by atoms with Gasteiger partial charge in [0.1, 0.15) is 6.10 Å². The Balaban J connectivity index is 1.94. The highest BCUT2D eigenvalue weighted by Crippen LogP contribution is 2.27. The van der Waals surface area contributed by atoms with Gasteiger partial charge in [0.2, 0.25) is 0 Å². The van der Waals surface area contributed by atoms with Crippen molar-refractivity contribution < 1.29 is 24.8 Å². The van der Waals surface area contributed by atoms with Gasteiger partial charge in [-0.15, -0.1) is 0 Å². The maximum atomic E-state index is 9.68. The molecule has 0 unspecified atom stereocenters. The maximum absolute atomic E-state index is 9.68. The molecule has 2 atom stereocenters. The second-order valence-corrected chi connectivity index (χ2v) is 5.32. The second kappa shape index (κ2) is 7.09. The number of aliphatic hydroxyl groups excluding tert-OH is 3. The molecule has 0 spiro atoms. The van der Waals surface area contributed by atoms with Gasteiger partial charge >= 0.3 is 0 Å². The van der Waals surface area contributed by atoms with Gasteiger partial charge in [0, 0.05) is 19.6 Å². The van der Waals surface area contributed by atoms with Crippen LogP contribution in [-0.4, -0.2) is 72.4 Å². The van der Waals surface area contributed by atoms with Crippen LogP contribution in [0.2, 0.25) is 0 Å². The zero-order valence-corrected chi connectivity index (χ0v) is 12.4. The summed E-state index contributed by atoms with van der Waals surface area (Å²) in [5.41, 5.74) is 1.09. The van der Waals surface area contributed by atoms with E-state index in [0.717, 1.165) is 12.0 Å². The lowest BCUT2D eigenvalue weighted by Gasteiger charge is -2.36. The number of aliphatic hydroxyl groups is 3. The molecule has 1 aromatic carbocycles. The topological polar surface area (TPSA) is 82.4 Å². The van der Waals surface area contributed by atoms with Crippen LogP contribution in [-0.2, 0) is 6.42 Å². The molecular weight excluding hydrogens is 274 g/mol. The first-order chi connectivity index (χ1) is 10.0. The summed E-state index contributed by atoms with van der Waals surface area (Å²) in [4.78, 5) is 1.94. The van der Waals surface area contributed by atoms with Crippen molar-refractivity contribution in [3.05, 3.63) is 23.8 Å². The van der Waals surface area contributed by atoms with Crippen LogP contribution in [0.5, 0.6) is 11.5 Å². The van der Waals surface area contributed by atoms with Gasteiger partial charge in [-0.1, -0.05) is 6.07 Å².